The van der Waals surface area contributed by atoms with Gasteiger partial charge in [0.25, 0.3) is 5.91 Å². The van der Waals surface area contributed by atoms with Crippen molar-refractivity contribution in [2.75, 3.05) is 13.2 Å². The summed E-state index contributed by atoms with van der Waals surface area (Å²) in [6.07, 6.45) is 0. The van der Waals surface area contributed by atoms with Crippen LogP contribution < -0.4 is 10.1 Å². The first kappa shape index (κ1) is 20.0. The van der Waals surface area contributed by atoms with Gasteiger partial charge >= 0.3 is 0 Å². The molecule has 0 aliphatic carbocycles. The van der Waals surface area contributed by atoms with Crippen molar-refractivity contribution >= 4 is 27.7 Å². The van der Waals surface area contributed by atoms with Crippen LogP contribution >= 0.6 is 15.9 Å². The molecule has 5 nitrogen and oxygen atoms in total. The van der Waals surface area contributed by atoms with Gasteiger partial charge in [-0.05, 0) is 43.7 Å². The van der Waals surface area contributed by atoms with Gasteiger partial charge in [-0.2, -0.15) is 0 Å². The van der Waals surface area contributed by atoms with E-state index < -0.39 is 6.04 Å². The summed E-state index contributed by atoms with van der Waals surface area (Å²) in [5.41, 5.74) is 0.942. The fraction of sp³-hybridized carbons (Fsp3) is 0.300. The van der Waals surface area contributed by atoms with E-state index in [4.69, 9.17) is 4.74 Å². The van der Waals surface area contributed by atoms with E-state index in [-0.39, 0.29) is 18.4 Å². The zero-order chi connectivity index (χ0) is 18.9. The highest BCUT2D eigenvalue weighted by molar-refractivity contribution is 9.10. The first-order valence-electron chi connectivity index (χ1n) is 8.50. The lowest BCUT2D eigenvalue weighted by Gasteiger charge is -2.28. The van der Waals surface area contributed by atoms with Crippen LogP contribution in [0.3, 0.4) is 0 Å². The minimum Gasteiger partial charge on any atom is -0.484 e. The average molecular weight is 419 g/mol. The third-order valence-electron chi connectivity index (χ3n) is 3.89. The Labute approximate surface area is 162 Å². The molecule has 0 bridgehead atoms. The summed E-state index contributed by atoms with van der Waals surface area (Å²) in [6.45, 7) is 4.31. The number of nitrogens with one attached hydrogen (secondary N) is 1. The Kier molecular flexibility index (Phi) is 7.66. The Morgan fingerprint density at radius 1 is 1.12 bits per heavy atom. The maximum Gasteiger partial charge on any atom is 0.261 e. The van der Waals surface area contributed by atoms with Crippen LogP contribution in [0, 0.1) is 0 Å². The maximum atomic E-state index is 12.7. The van der Waals surface area contributed by atoms with Crippen LogP contribution in [0.4, 0.5) is 0 Å². The van der Waals surface area contributed by atoms with Crippen LogP contribution in [-0.4, -0.2) is 35.9 Å². The summed E-state index contributed by atoms with van der Waals surface area (Å²) in [5, 5.41) is 2.77. The molecule has 26 heavy (non-hydrogen) atoms. The van der Waals surface area contributed by atoms with Gasteiger partial charge in [0, 0.05) is 17.6 Å². The Hall–Kier alpha value is -2.34. The number of hydrogen-bond acceptors (Lipinski definition) is 3. The van der Waals surface area contributed by atoms with Crippen molar-refractivity contribution in [2.45, 2.75) is 26.4 Å². The van der Waals surface area contributed by atoms with Gasteiger partial charge in [0.2, 0.25) is 5.91 Å². The summed E-state index contributed by atoms with van der Waals surface area (Å²) in [7, 11) is 0. The number of hydrogen-bond donors (Lipinski definition) is 1. The standard InChI is InChI=1S/C20H23BrN2O3/c1-3-22-20(25)15(2)23(13-16-9-11-17(21)12-10-16)19(24)14-26-18-7-5-4-6-8-18/h4-12,15H,3,13-14H2,1-2H3,(H,22,25)/t15-/m1/s1. The highest BCUT2D eigenvalue weighted by Crippen LogP contribution is 2.15. The van der Waals surface area contributed by atoms with Gasteiger partial charge in [0.15, 0.2) is 6.61 Å². The second-order valence-corrected chi connectivity index (χ2v) is 6.74. The predicted molar refractivity (Wildman–Crippen MR) is 105 cm³/mol. The monoisotopic (exact) mass is 418 g/mol. The van der Waals surface area contributed by atoms with Gasteiger partial charge in [0.05, 0.1) is 0 Å². The summed E-state index contributed by atoms with van der Waals surface area (Å²) >= 11 is 3.40. The van der Waals surface area contributed by atoms with Crippen molar-refractivity contribution in [3.63, 3.8) is 0 Å². The number of rotatable bonds is 8. The zero-order valence-corrected chi connectivity index (χ0v) is 16.5. The Morgan fingerprint density at radius 3 is 2.38 bits per heavy atom. The molecular weight excluding hydrogens is 396 g/mol. The lowest BCUT2D eigenvalue weighted by molar-refractivity contribution is -0.142. The third-order valence-corrected chi connectivity index (χ3v) is 4.42. The number of ether oxygens (including phenoxy) is 1. The number of nitrogens with zero attached hydrogens (tertiary/aromatic N) is 1. The molecule has 0 fully saturated rings. The molecule has 0 aliphatic rings. The molecule has 6 heteroatoms. The summed E-state index contributed by atoms with van der Waals surface area (Å²) in [5.74, 6) is 0.198. The number of likely N-dealkylation sites (N-methyl/N-ethyl adjacent to an activating group) is 1. The molecule has 0 saturated heterocycles. The molecule has 1 N–H and O–H groups in total. The molecule has 0 heterocycles. The van der Waals surface area contributed by atoms with Gasteiger partial charge in [-0.25, -0.2) is 0 Å². The second kappa shape index (κ2) is 9.97. The van der Waals surface area contributed by atoms with Crippen molar-refractivity contribution in [3.8, 4) is 5.75 Å². The quantitative estimate of drug-likeness (QED) is 0.714. The van der Waals surface area contributed by atoms with Crippen LogP contribution in [0.5, 0.6) is 5.75 Å². The van der Waals surface area contributed by atoms with Gasteiger partial charge in [-0.15, -0.1) is 0 Å². The number of carbonyl (C=O) groups excluding carboxylic acids is 2. The molecule has 0 aromatic heterocycles. The molecular formula is C20H23BrN2O3. The van der Waals surface area contributed by atoms with E-state index in [1.807, 2.05) is 49.4 Å². The van der Waals surface area contributed by atoms with Crippen LogP contribution in [0.25, 0.3) is 0 Å². The summed E-state index contributed by atoms with van der Waals surface area (Å²) in [4.78, 5) is 26.5. The maximum absolute atomic E-state index is 12.7. The SMILES string of the molecule is CCNC(=O)[C@@H](C)N(Cc1ccc(Br)cc1)C(=O)COc1ccccc1. The molecule has 0 saturated carbocycles. The molecule has 2 rings (SSSR count). The van der Waals surface area contributed by atoms with Crippen molar-refractivity contribution < 1.29 is 14.3 Å². The first-order valence-corrected chi connectivity index (χ1v) is 9.30. The Bertz CT molecular complexity index is 720. The lowest BCUT2D eigenvalue weighted by Crippen LogP contribution is -2.49. The van der Waals surface area contributed by atoms with E-state index in [9.17, 15) is 9.59 Å². The number of benzene rings is 2. The van der Waals surface area contributed by atoms with Crippen LogP contribution in [0.2, 0.25) is 0 Å². The average Bonchev–Trinajstić information content (AvgIpc) is 2.66. The number of carbonyl (C=O) groups is 2. The highest BCUT2D eigenvalue weighted by atomic mass is 79.9. The molecule has 1 atom stereocenters. The Balaban J connectivity index is 2.11. The van der Waals surface area contributed by atoms with Crippen molar-refractivity contribution in [2.24, 2.45) is 0 Å². The van der Waals surface area contributed by atoms with Gasteiger partial charge in [-0.1, -0.05) is 46.3 Å². The minimum absolute atomic E-state index is 0.121. The van der Waals surface area contributed by atoms with E-state index in [0.717, 1.165) is 10.0 Å². The predicted octanol–water partition coefficient (Wildman–Crippen LogP) is 3.38. The van der Waals surface area contributed by atoms with Crippen LogP contribution in [-0.2, 0) is 16.1 Å². The van der Waals surface area contributed by atoms with Crippen LogP contribution in [0.15, 0.2) is 59.1 Å². The van der Waals surface area contributed by atoms with E-state index in [0.29, 0.717) is 18.8 Å². The molecule has 2 aromatic rings. The molecule has 0 spiro atoms. The molecule has 2 aromatic carbocycles. The second-order valence-electron chi connectivity index (χ2n) is 5.82. The van der Waals surface area contributed by atoms with E-state index in [2.05, 4.69) is 21.2 Å². The summed E-state index contributed by atoms with van der Waals surface area (Å²) in [6, 6.07) is 16.2. The summed E-state index contributed by atoms with van der Waals surface area (Å²) < 4.78 is 6.53. The first-order chi connectivity index (χ1) is 12.5. The number of halogens is 1. The van der Waals surface area contributed by atoms with E-state index in [1.165, 1.54) is 4.90 Å². The minimum atomic E-state index is -0.592. The van der Waals surface area contributed by atoms with Crippen molar-refractivity contribution in [3.05, 3.63) is 64.6 Å². The normalized spacial score (nSPS) is 11.5. The van der Waals surface area contributed by atoms with Crippen LogP contribution in [0.1, 0.15) is 19.4 Å². The number of amides is 2. The molecule has 138 valence electrons. The van der Waals surface area contributed by atoms with Crippen molar-refractivity contribution in [1.82, 2.24) is 10.2 Å². The fourth-order valence-corrected chi connectivity index (χ4v) is 2.70. The molecule has 0 unspecified atom stereocenters. The largest absolute Gasteiger partial charge is 0.484 e. The highest BCUT2D eigenvalue weighted by Gasteiger charge is 2.26. The molecule has 0 aliphatic heterocycles. The molecule has 2 amide bonds. The van der Waals surface area contributed by atoms with E-state index in [1.54, 1.807) is 19.1 Å². The Morgan fingerprint density at radius 2 is 1.77 bits per heavy atom. The topological polar surface area (TPSA) is 58.6 Å². The van der Waals surface area contributed by atoms with Gasteiger partial charge in [0.1, 0.15) is 11.8 Å². The lowest BCUT2D eigenvalue weighted by atomic mass is 10.1. The van der Waals surface area contributed by atoms with Gasteiger partial charge in [-0.3, -0.25) is 9.59 Å². The third kappa shape index (κ3) is 5.88. The molecule has 0 radical (unpaired) electrons. The van der Waals surface area contributed by atoms with Crippen molar-refractivity contribution in [1.29, 1.82) is 0 Å². The zero-order valence-electron chi connectivity index (χ0n) is 14.9. The van der Waals surface area contributed by atoms with Gasteiger partial charge < -0.3 is 15.0 Å². The smallest absolute Gasteiger partial charge is 0.261 e. The number of para-hydroxylation sites is 1. The fourth-order valence-electron chi connectivity index (χ4n) is 2.44. The van der Waals surface area contributed by atoms with E-state index >= 15 is 0 Å².